The van der Waals surface area contributed by atoms with Gasteiger partial charge in [-0.3, -0.25) is 14.5 Å². The van der Waals surface area contributed by atoms with Crippen molar-refractivity contribution in [3.05, 3.63) is 100 Å². The Bertz CT molecular complexity index is 1230. The van der Waals surface area contributed by atoms with Crippen LogP contribution >= 0.6 is 0 Å². The fourth-order valence-corrected chi connectivity index (χ4v) is 3.96. The van der Waals surface area contributed by atoms with E-state index in [0.29, 0.717) is 17.0 Å². The molecule has 5 nitrogen and oxygen atoms in total. The molecule has 2 amide bonds. The molecule has 1 aliphatic heterocycles. The average Bonchev–Trinajstić information content (AvgIpc) is 3.00. The van der Waals surface area contributed by atoms with Crippen molar-refractivity contribution in [1.29, 1.82) is 0 Å². The monoisotopic (exact) mass is 426 g/mol. The Labute approximate surface area is 188 Å². The summed E-state index contributed by atoms with van der Waals surface area (Å²) in [6.07, 6.45) is 0. The maximum atomic E-state index is 13.6. The highest BCUT2D eigenvalue weighted by Gasteiger charge is 2.40. The van der Waals surface area contributed by atoms with Crippen LogP contribution in [0.4, 0.5) is 5.69 Å². The van der Waals surface area contributed by atoms with Gasteiger partial charge in [-0.25, -0.2) is 0 Å². The summed E-state index contributed by atoms with van der Waals surface area (Å²) in [6, 6.07) is 21.0. The third-order valence-electron chi connectivity index (χ3n) is 5.66. The van der Waals surface area contributed by atoms with Crippen molar-refractivity contribution in [2.45, 2.75) is 27.3 Å². The highest BCUT2D eigenvalue weighted by molar-refractivity contribution is 6.36. The van der Waals surface area contributed by atoms with E-state index in [2.05, 4.69) is 5.32 Å². The van der Waals surface area contributed by atoms with Gasteiger partial charge in [-0.05, 0) is 50.1 Å². The normalized spacial score (nSPS) is 13.7. The number of rotatable bonds is 6. The molecule has 1 heterocycles. The van der Waals surface area contributed by atoms with Crippen molar-refractivity contribution in [2.75, 3.05) is 12.4 Å². The number of carbonyl (C=O) groups excluding carboxylic acids is 2. The summed E-state index contributed by atoms with van der Waals surface area (Å²) in [5, 5.41) is 3.22. The summed E-state index contributed by atoms with van der Waals surface area (Å²) >= 11 is 0. The number of anilines is 1. The standard InChI is InChI=1S/C27H26N2O3/c1-17-9-12-21(13-10-17)28-25-24(22-14-11-18(2)15-19(22)3)26(30)29(27(25)31)16-20-7-5-6-8-23(20)32-4/h5-15,28H,16H2,1-4H3. The van der Waals surface area contributed by atoms with E-state index in [-0.39, 0.29) is 18.4 Å². The van der Waals surface area contributed by atoms with Gasteiger partial charge < -0.3 is 10.1 Å². The second-order valence-corrected chi connectivity index (χ2v) is 8.07. The van der Waals surface area contributed by atoms with Gasteiger partial charge in [0.15, 0.2) is 0 Å². The molecule has 0 saturated carbocycles. The summed E-state index contributed by atoms with van der Waals surface area (Å²) in [7, 11) is 1.58. The quantitative estimate of drug-likeness (QED) is 0.563. The molecular formula is C27H26N2O3. The Morgan fingerprint density at radius 3 is 2.22 bits per heavy atom. The molecule has 0 fully saturated rings. The van der Waals surface area contributed by atoms with Gasteiger partial charge in [0.05, 0.1) is 19.2 Å². The molecule has 162 valence electrons. The molecule has 0 saturated heterocycles. The SMILES string of the molecule is COc1ccccc1CN1C(=O)C(Nc2ccc(C)cc2)=C(c2ccc(C)cc2C)C1=O. The first-order valence-corrected chi connectivity index (χ1v) is 10.5. The number of nitrogens with zero attached hydrogens (tertiary/aromatic N) is 1. The van der Waals surface area contributed by atoms with Crippen LogP contribution in [0.3, 0.4) is 0 Å². The molecule has 0 aromatic heterocycles. The van der Waals surface area contributed by atoms with Crippen LogP contribution in [0, 0.1) is 20.8 Å². The van der Waals surface area contributed by atoms with Gasteiger partial charge in [-0.1, -0.05) is 59.7 Å². The van der Waals surface area contributed by atoms with Crippen molar-refractivity contribution >= 4 is 23.1 Å². The molecule has 1 N–H and O–H groups in total. The van der Waals surface area contributed by atoms with E-state index >= 15 is 0 Å². The van der Waals surface area contributed by atoms with Crippen LogP contribution in [0.25, 0.3) is 5.57 Å². The molecule has 0 unspecified atom stereocenters. The highest BCUT2D eigenvalue weighted by atomic mass is 16.5. The second kappa shape index (κ2) is 8.71. The number of hydrogen-bond acceptors (Lipinski definition) is 4. The van der Waals surface area contributed by atoms with Crippen molar-refractivity contribution in [1.82, 2.24) is 4.90 Å². The van der Waals surface area contributed by atoms with Crippen LogP contribution < -0.4 is 10.1 Å². The van der Waals surface area contributed by atoms with Gasteiger partial charge in [-0.15, -0.1) is 0 Å². The Balaban J connectivity index is 1.78. The minimum atomic E-state index is -0.351. The van der Waals surface area contributed by atoms with E-state index in [4.69, 9.17) is 4.74 Å². The summed E-state index contributed by atoms with van der Waals surface area (Å²) < 4.78 is 5.43. The van der Waals surface area contributed by atoms with Crippen LogP contribution in [0.1, 0.15) is 27.8 Å². The predicted molar refractivity (Wildman–Crippen MR) is 126 cm³/mol. The summed E-state index contributed by atoms with van der Waals surface area (Å²) in [5.74, 6) is -0.0277. The third kappa shape index (κ3) is 4.02. The maximum Gasteiger partial charge on any atom is 0.278 e. The van der Waals surface area contributed by atoms with E-state index < -0.39 is 0 Å². The number of amides is 2. The fraction of sp³-hybridized carbons (Fsp3) is 0.185. The lowest BCUT2D eigenvalue weighted by molar-refractivity contribution is -0.137. The minimum Gasteiger partial charge on any atom is -0.496 e. The van der Waals surface area contributed by atoms with Crippen LogP contribution in [0.5, 0.6) is 5.75 Å². The number of aryl methyl sites for hydroxylation is 3. The summed E-state index contributed by atoms with van der Waals surface area (Å²) in [4.78, 5) is 28.4. The fourth-order valence-electron chi connectivity index (χ4n) is 3.96. The number of methoxy groups -OCH3 is 1. The molecule has 5 heteroatoms. The topological polar surface area (TPSA) is 58.6 Å². The highest BCUT2D eigenvalue weighted by Crippen LogP contribution is 2.34. The lowest BCUT2D eigenvalue weighted by atomic mass is 9.97. The van der Waals surface area contributed by atoms with Crippen molar-refractivity contribution < 1.29 is 14.3 Å². The van der Waals surface area contributed by atoms with Crippen molar-refractivity contribution in [3.63, 3.8) is 0 Å². The van der Waals surface area contributed by atoms with Gasteiger partial charge in [0, 0.05) is 11.3 Å². The molecule has 0 bridgehead atoms. The average molecular weight is 427 g/mol. The predicted octanol–water partition coefficient (Wildman–Crippen LogP) is 5.01. The van der Waals surface area contributed by atoms with Gasteiger partial charge in [0.2, 0.25) is 0 Å². The Hall–Kier alpha value is -3.86. The number of para-hydroxylation sites is 1. The van der Waals surface area contributed by atoms with E-state index in [0.717, 1.165) is 33.5 Å². The van der Waals surface area contributed by atoms with Crippen LogP contribution in [-0.4, -0.2) is 23.8 Å². The largest absolute Gasteiger partial charge is 0.496 e. The molecular weight excluding hydrogens is 400 g/mol. The molecule has 0 aliphatic carbocycles. The van der Waals surface area contributed by atoms with Crippen LogP contribution in [0.15, 0.2) is 72.4 Å². The molecule has 0 spiro atoms. The van der Waals surface area contributed by atoms with E-state index in [1.54, 1.807) is 7.11 Å². The first-order chi connectivity index (χ1) is 15.4. The van der Waals surface area contributed by atoms with Gasteiger partial charge in [-0.2, -0.15) is 0 Å². The molecule has 3 aromatic carbocycles. The Kier molecular flexibility index (Phi) is 5.82. The van der Waals surface area contributed by atoms with Crippen molar-refractivity contribution in [3.8, 4) is 5.75 Å². The summed E-state index contributed by atoms with van der Waals surface area (Å²) in [5.41, 5.74) is 6.13. The number of ether oxygens (including phenoxy) is 1. The van der Waals surface area contributed by atoms with E-state index in [1.807, 2.05) is 87.5 Å². The maximum absolute atomic E-state index is 13.6. The second-order valence-electron chi connectivity index (χ2n) is 8.07. The zero-order chi connectivity index (χ0) is 22.8. The zero-order valence-electron chi connectivity index (χ0n) is 18.7. The molecule has 4 rings (SSSR count). The lowest BCUT2D eigenvalue weighted by Crippen LogP contribution is -2.32. The third-order valence-corrected chi connectivity index (χ3v) is 5.66. The number of hydrogen-bond donors (Lipinski definition) is 1. The minimum absolute atomic E-state index is 0.134. The number of carbonyl (C=O) groups is 2. The Morgan fingerprint density at radius 1 is 0.844 bits per heavy atom. The number of nitrogens with one attached hydrogen (secondary N) is 1. The van der Waals surface area contributed by atoms with E-state index in [9.17, 15) is 9.59 Å². The van der Waals surface area contributed by atoms with Crippen LogP contribution in [0.2, 0.25) is 0 Å². The van der Waals surface area contributed by atoms with Crippen molar-refractivity contribution in [2.24, 2.45) is 0 Å². The molecule has 0 radical (unpaired) electrons. The summed E-state index contributed by atoms with van der Waals surface area (Å²) in [6.45, 7) is 6.10. The molecule has 0 atom stereocenters. The van der Waals surface area contributed by atoms with Gasteiger partial charge in [0.1, 0.15) is 11.4 Å². The zero-order valence-corrected chi connectivity index (χ0v) is 18.7. The molecule has 3 aromatic rings. The number of benzene rings is 3. The Morgan fingerprint density at radius 2 is 1.53 bits per heavy atom. The lowest BCUT2D eigenvalue weighted by Gasteiger charge is -2.17. The molecule has 1 aliphatic rings. The first kappa shape index (κ1) is 21.4. The van der Waals surface area contributed by atoms with Gasteiger partial charge >= 0.3 is 0 Å². The smallest absolute Gasteiger partial charge is 0.278 e. The first-order valence-electron chi connectivity index (χ1n) is 10.5. The molecule has 32 heavy (non-hydrogen) atoms. The van der Waals surface area contributed by atoms with Crippen LogP contribution in [-0.2, 0) is 16.1 Å². The van der Waals surface area contributed by atoms with Gasteiger partial charge in [0.25, 0.3) is 11.8 Å². The van der Waals surface area contributed by atoms with E-state index in [1.165, 1.54) is 4.90 Å². The number of imide groups is 1.